The summed E-state index contributed by atoms with van der Waals surface area (Å²) in [5, 5.41) is 1.72. The van der Waals surface area contributed by atoms with E-state index in [9.17, 15) is 0 Å². The number of hydrogen-bond acceptors (Lipinski definition) is 0. The molecule has 106 valence electrons. The Morgan fingerprint density at radius 2 is 1.44 bits per heavy atom. The zero-order valence-electron chi connectivity index (χ0n) is 13.7. The predicted molar refractivity (Wildman–Crippen MR) is 88.9 cm³/mol. The topological polar surface area (TPSA) is 0 Å². The lowest BCUT2D eigenvalue weighted by Crippen LogP contribution is -2.24. The van der Waals surface area contributed by atoms with Crippen molar-refractivity contribution in [1.82, 2.24) is 0 Å². The smallest absolute Gasteiger partial charge is 0.0720 e. The van der Waals surface area contributed by atoms with E-state index in [1.807, 2.05) is 0 Å². The summed E-state index contributed by atoms with van der Waals surface area (Å²) in [6.45, 7) is 18.6. The Kier molecular flexibility index (Phi) is 8.59. The molecule has 0 aromatic heterocycles. The summed E-state index contributed by atoms with van der Waals surface area (Å²) in [6, 6.07) is 0. The molecule has 0 aliphatic rings. The van der Waals surface area contributed by atoms with Gasteiger partial charge in [0.15, 0.2) is 0 Å². The molecule has 0 heterocycles. The Morgan fingerprint density at radius 3 is 1.89 bits per heavy atom. The number of unbranched alkanes of at least 4 members (excludes halogenated alkanes) is 2. The van der Waals surface area contributed by atoms with Gasteiger partial charge < -0.3 is 0 Å². The van der Waals surface area contributed by atoms with Crippen LogP contribution in [0.4, 0.5) is 0 Å². The van der Waals surface area contributed by atoms with E-state index >= 15 is 0 Å². The van der Waals surface area contributed by atoms with Crippen LogP contribution in [0.1, 0.15) is 65.7 Å². The normalized spacial score (nSPS) is 13.4. The average Bonchev–Trinajstić information content (AvgIpc) is 2.29. The Morgan fingerprint density at radius 1 is 0.944 bits per heavy atom. The quantitative estimate of drug-likeness (QED) is 0.330. The lowest BCUT2D eigenvalue weighted by Gasteiger charge is -2.23. The molecule has 0 aliphatic carbocycles. The van der Waals surface area contributed by atoms with Crippen LogP contribution in [0.25, 0.3) is 0 Å². The minimum atomic E-state index is -1.13. The molecular weight excluding hydrogens is 232 g/mol. The molecule has 0 saturated carbocycles. The SMILES string of the molecule is C=C(CCCC)C/C(CCCC)=C(\C)[Si](C)(C)C. The molecule has 0 aromatic rings. The van der Waals surface area contributed by atoms with Crippen LogP contribution in [0, 0.1) is 0 Å². The van der Waals surface area contributed by atoms with E-state index in [2.05, 4.69) is 47.0 Å². The molecule has 0 N–H and O–H groups in total. The molecule has 1 heteroatoms. The van der Waals surface area contributed by atoms with Crippen LogP contribution in [-0.4, -0.2) is 8.07 Å². The molecule has 0 unspecified atom stereocenters. The molecule has 18 heavy (non-hydrogen) atoms. The van der Waals surface area contributed by atoms with Crippen LogP contribution in [0.5, 0.6) is 0 Å². The molecule has 0 amide bonds. The van der Waals surface area contributed by atoms with Crippen molar-refractivity contribution in [3.63, 3.8) is 0 Å². The minimum absolute atomic E-state index is 1.13. The first-order valence-corrected chi connectivity index (χ1v) is 11.2. The van der Waals surface area contributed by atoms with Crippen molar-refractivity contribution in [1.29, 1.82) is 0 Å². The zero-order chi connectivity index (χ0) is 14.2. The first kappa shape index (κ1) is 17.7. The molecule has 0 saturated heterocycles. The van der Waals surface area contributed by atoms with Crippen LogP contribution < -0.4 is 0 Å². The van der Waals surface area contributed by atoms with Gasteiger partial charge in [-0.2, -0.15) is 0 Å². The van der Waals surface area contributed by atoms with Crippen LogP contribution in [0.2, 0.25) is 19.6 Å². The Balaban J connectivity index is 4.74. The third kappa shape index (κ3) is 7.20. The molecule has 0 spiro atoms. The van der Waals surface area contributed by atoms with Gasteiger partial charge in [-0.1, -0.05) is 69.3 Å². The fraction of sp³-hybridized carbons (Fsp3) is 0.765. The van der Waals surface area contributed by atoms with Crippen molar-refractivity contribution in [3.05, 3.63) is 22.9 Å². The highest BCUT2D eigenvalue weighted by atomic mass is 28.3. The second-order valence-electron chi connectivity index (χ2n) is 6.61. The molecule has 0 aromatic carbocycles. The summed E-state index contributed by atoms with van der Waals surface area (Å²) in [5.41, 5.74) is 3.15. The maximum atomic E-state index is 4.29. The summed E-state index contributed by atoms with van der Waals surface area (Å²) in [5.74, 6) is 0. The number of hydrogen-bond donors (Lipinski definition) is 0. The van der Waals surface area contributed by atoms with Crippen molar-refractivity contribution in [2.75, 3.05) is 0 Å². The first-order valence-electron chi connectivity index (χ1n) is 7.68. The lowest BCUT2D eigenvalue weighted by atomic mass is 9.98. The second-order valence-corrected chi connectivity index (χ2v) is 11.9. The van der Waals surface area contributed by atoms with Gasteiger partial charge >= 0.3 is 0 Å². The summed E-state index contributed by atoms with van der Waals surface area (Å²) < 4.78 is 0. The largest absolute Gasteiger partial charge is 0.0995 e. The van der Waals surface area contributed by atoms with Gasteiger partial charge in [-0.3, -0.25) is 0 Å². The monoisotopic (exact) mass is 266 g/mol. The molecule has 0 atom stereocenters. The highest BCUT2D eigenvalue weighted by Gasteiger charge is 2.19. The summed E-state index contributed by atoms with van der Waals surface area (Å²) in [7, 11) is -1.13. The maximum Gasteiger partial charge on any atom is 0.0720 e. The molecule has 0 nitrogen and oxygen atoms in total. The van der Waals surface area contributed by atoms with Crippen molar-refractivity contribution < 1.29 is 0 Å². The maximum absolute atomic E-state index is 4.29. The fourth-order valence-corrected chi connectivity index (χ4v) is 3.42. The van der Waals surface area contributed by atoms with Gasteiger partial charge in [-0.15, -0.1) is 0 Å². The molecule has 0 radical (unpaired) electrons. The van der Waals surface area contributed by atoms with Crippen LogP contribution in [-0.2, 0) is 0 Å². The zero-order valence-corrected chi connectivity index (χ0v) is 14.7. The molecular formula is C17H34Si. The van der Waals surface area contributed by atoms with E-state index in [-0.39, 0.29) is 0 Å². The molecule has 0 aliphatic heterocycles. The van der Waals surface area contributed by atoms with Crippen LogP contribution in [0.3, 0.4) is 0 Å². The van der Waals surface area contributed by atoms with E-state index in [1.54, 1.807) is 10.8 Å². The van der Waals surface area contributed by atoms with Crippen molar-refractivity contribution in [2.24, 2.45) is 0 Å². The molecule has 0 fully saturated rings. The second kappa shape index (κ2) is 8.74. The first-order chi connectivity index (χ1) is 8.32. The van der Waals surface area contributed by atoms with E-state index in [0.29, 0.717) is 0 Å². The van der Waals surface area contributed by atoms with Crippen molar-refractivity contribution >= 4 is 8.07 Å². The lowest BCUT2D eigenvalue weighted by molar-refractivity contribution is 0.736. The standard InChI is InChI=1S/C17H34Si/c1-8-10-12-15(3)14-17(13-11-9-2)16(4)18(5,6)7/h3,8-14H2,1-2,4-7H3/b17-16+. The third-order valence-electron chi connectivity index (χ3n) is 3.83. The minimum Gasteiger partial charge on any atom is -0.0995 e. The summed E-state index contributed by atoms with van der Waals surface area (Å²) in [6.07, 6.45) is 8.87. The molecule has 0 rings (SSSR count). The van der Waals surface area contributed by atoms with Gasteiger partial charge in [0.1, 0.15) is 0 Å². The number of allylic oxidation sites excluding steroid dienone is 3. The Bertz CT molecular complexity index is 278. The Labute approximate surface area is 117 Å². The summed E-state index contributed by atoms with van der Waals surface area (Å²) in [4.78, 5) is 0. The van der Waals surface area contributed by atoms with Gasteiger partial charge in [0.25, 0.3) is 0 Å². The van der Waals surface area contributed by atoms with Gasteiger partial charge in [0, 0.05) is 0 Å². The Hall–Kier alpha value is -0.303. The van der Waals surface area contributed by atoms with Crippen molar-refractivity contribution in [2.45, 2.75) is 85.4 Å². The fourth-order valence-electron chi connectivity index (χ4n) is 2.15. The van der Waals surface area contributed by atoms with E-state index in [4.69, 9.17) is 0 Å². The average molecular weight is 267 g/mol. The summed E-state index contributed by atoms with van der Waals surface area (Å²) >= 11 is 0. The van der Waals surface area contributed by atoms with E-state index < -0.39 is 8.07 Å². The third-order valence-corrected chi connectivity index (χ3v) is 6.44. The number of rotatable bonds is 9. The predicted octanol–water partition coefficient (Wildman–Crippen LogP) is 6.51. The highest BCUT2D eigenvalue weighted by molar-refractivity contribution is 6.83. The van der Waals surface area contributed by atoms with Gasteiger partial charge in [-0.25, -0.2) is 0 Å². The van der Waals surface area contributed by atoms with Gasteiger partial charge in [0.2, 0.25) is 0 Å². The van der Waals surface area contributed by atoms with Crippen LogP contribution >= 0.6 is 0 Å². The van der Waals surface area contributed by atoms with Gasteiger partial charge in [-0.05, 0) is 39.0 Å². The highest BCUT2D eigenvalue weighted by Crippen LogP contribution is 2.27. The van der Waals surface area contributed by atoms with Crippen LogP contribution in [0.15, 0.2) is 22.9 Å². The van der Waals surface area contributed by atoms with Crippen molar-refractivity contribution in [3.8, 4) is 0 Å². The van der Waals surface area contributed by atoms with E-state index in [0.717, 1.165) is 6.42 Å². The van der Waals surface area contributed by atoms with E-state index in [1.165, 1.54) is 44.1 Å². The van der Waals surface area contributed by atoms with Gasteiger partial charge in [0.05, 0.1) is 8.07 Å². The molecule has 0 bridgehead atoms.